The van der Waals surface area contributed by atoms with Crippen LogP contribution >= 0.6 is 0 Å². The second kappa shape index (κ2) is 7.60. The Hall–Kier alpha value is -3.49. The molecule has 0 aliphatic carbocycles. The number of rotatable bonds is 7. The number of hydrogen-bond acceptors (Lipinski definition) is 5. The predicted octanol–water partition coefficient (Wildman–Crippen LogP) is 2.37. The number of aromatic nitrogens is 4. The number of nitrogens with zero attached hydrogens (tertiary/aromatic N) is 5. The maximum absolute atomic E-state index is 12.0. The van der Waals surface area contributed by atoms with E-state index in [4.69, 9.17) is 0 Å². The molecule has 2 heterocycles. The normalized spacial score (nSPS) is 10.7. The molecule has 9 heteroatoms. The molecule has 0 aliphatic heterocycles. The third kappa shape index (κ3) is 4.32. The summed E-state index contributed by atoms with van der Waals surface area (Å²) in [5.74, 6) is -0.000295. The van der Waals surface area contributed by atoms with Crippen LogP contribution in [0, 0.1) is 17.0 Å². The van der Waals surface area contributed by atoms with Crippen LogP contribution in [0.25, 0.3) is 0 Å². The van der Waals surface area contributed by atoms with Crippen molar-refractivity contribution in [2.24, 2.45) is 0 Å². The van der Waals surface area contributed by atoms with Crippen LogP contribution in [-0.4, -0.2) is 30.4 Å². The monoisotopic (exact) mass is 354 g/mol. The van der Waals surface area contributed by atoms with E-state index in [1.807, 2.05) is 31.2 Å². The van der Waals surface area contributed by atoms with Crippen LogP contribution in [0.1, 0.15) is 17.5 Å². The lowest BCUT2D eigenvalue weighted by atomic mass is 10.1. The molecule has 0 unspecified atom stereocenters. The molecule has 3 aromatic rings. The molecule has 0 spiro atoms. The molecule has 134 valence electrons. The van der Waals surface area contributed by atoms with Gasteiger partial charge >= 0.3 is 5.82 Å². The molecule has 3 rings (SSSR count). The average molecular weight is 354 g/mol. The van der Waals surface area contributed by atoms with Gasteiger partial charge in [0.1, 0.15) is 0 Å². The minimum absolute atomic E-state index is 0.142. The highest BCUT2D eigenvalue weighted by atomic mass is 16.6. The molecular weight excluding hydrogens is 336 g/mol. The number of nitrogens with one attached hydrogen (secondary N) is 1. The number of hydrogen-bond donors (Lipinski definition) is 1. The largest absolute Gasteiger partial charge is 0.389 e. The Balaban J connectivity index is 1.52. The molecule has 2 aromatic heterocycles. The Morgan fingerprint density at radius 1 is 1.15 bits per heavy atom. The first-order chi connectivity index (χ1) is 12.5. The third-order valence-corrected chi connectivity index (χ3v) is 3.88. The highest BCUT2D eigenvalue weighted by Crippen LogP contribution is 2.11. The minimum atomic E-state index is -0.572. The maximum atomic E-state index is 12.0. The summed E-state index contributed by atoms with van der Waals surface area (Å²) in [6, 6.07) is 11.1. The van der Waals surface area contributed by atoms with Crippen molar-refractivity contribution in [3.05, 3.63) is 70.0 Å². The van der Waals surface area contributed by atoms with Crippen molar-refractivity contribution in [3.8, 4) is 0 Å². The van der Waals surface area contributed by atoms with E-state index in [9.17, 15) is 14.9 Å². The van der Waals surface area contributed by atoms with Gasteiger partial charge in [0.25, 0.3) is 0 Å². The molecule has 0 fully saturated rings. The molecule has 0 radical (unpaired) electrons. The summed E-state index contributed by atoms with van der Waals surface area (Å²) in [7, 11) is 0. The Kier molecular flexibility index (Phi) is 5.07. The average Bonchev–Trinajstić information content (AvgIpc) is 3.25. The number of benzene rings is 1. The lowest BCUT2D eigenvalue weighted by molar-refractivity contribution is -0.389. The molecule has 0 saturated carbocycles. The van der Waals surface area contributed by atoms with Gasteiger partial charge in [-0.05, 0) is 23.0 Å². The van der Waals surface area contributed by atoms with Gasteiger partial charge in [0.05, 0.1) is 30.5 Å². The van der Waals surface area contributed by atoms with E-state index in [-0.39, 0.29) is 24.7 Å². The third-order valence-electron chi connectivity index (χ3n) is 3.88. The van der Waals surface area contributed by atoms with Gasteiger partial charge in [0, 0.05) is 18.7 Å². The molecule has 26 heavy (non-hydrogen) atoms. The molecule has 9 nitrogen and oxygen atoms in total. The van der Waals surface area contributed by atoms with Gasteiger partial charge in [-0.1, -0.05) is 24.3 Å². The molecule has 1 N–H and O–H groups in total. The van der Waals surface area contributed by atoms with E-state index in [2.05, 4.69) is 15.5 Å². The standard InChI is InChI=1S/C17H18N6O3/c1-13-4-2-3-5-14(13)12-22-9-6-15(19-22)18-17(24)8-11-21-10-7-16(20-21)23(25)26/h2-7,9-10H,8,11-12H2,1H3,(H,18,19,24). The fourth-order valence-corrected chi connectivity index (χ4v) is 2.47. The first-order valence-corrected chi connectivity index (χ1v) is 8.07. The number of anilines is 1. The zero-order valence-corrected chi connectivity index (χ0v) is 14.2. The van der Waals surface area contributed by atoms with Crippen LogP contribution in [-0.2, 0) is 17.9 Å². The fraction of sp³-hybridized carbons (Fsp3) is 0.235. The van der Waals surface area contributed by atoms with Crippen molar-refractivity contribution in [3.63, 3.8) is 0 Å². The van der Waals surface area contributed by atoms with Crippen LogP contribution in [0.15, 0.2) is 48.8 Å². The van der Waals surface area contributed by atoms with Gasteiger partial charge in [0.15, 0.2) is 5.82 Å². The number of nitro groups is 1. The minimum Gasteiger partial charge on any atom is -0.358 e. The van der Waals surface area contributed by atoms with E-state index in [1.165, 1.54) is 22.5 Å². The van der Waals surface area contributed by atoms with Crippen molar-refractivity contribution in [1.82, 2.24) is 19.6 Å². The van der Waals surface area contributed by atoms with Crippen LogP contribution in [0.3, 0.4) is 0 Å². The summed E-state index contributed by atoms with van der Waals surface area (Å²) in [6.45, 7) is 2.92. The molecule has 0 bridgehead atoms. The van der Waals surface area contributed by atoms with E-state index in [1.54, 1.807) is 16.9 Å². The summed E-state index contributed by atoms with van der Waals surface area (Å²) in [5, 5.41) is 21.4. The predicted molar refractivity (Wildman–Crippen MR) is 94.6 cm³/mol. The Labute approximate surface area is 149 Å². The lowest BCUT2D eigenvalue weighted by Gasteiger charge is -2.05. The first kappa shape index (κ1) is 17.3. The molecule has 1 aromatic carbocycles. The van der Waals surface area contributed by atoms with Crippen molar-refractivity contribution >= 4 is 17.5 Å². The lowest BCUT2D eigenvalue weighted by Crippen LogP contribution is -2.15. The van der Waals surface area contributed by atoms with E-state index >= 15 is 0 Å². The second-order valence-electron chi connectivity index (χ2n) is 5.82. The zero-order chi connectivity index (χ0) is 18.5. The summed E-state index contributed by atoms with van der Waals surface area (Å²) in [4.78, 5) is 22.0. The summed E-state index contributed by atoms with van der Waals surface area (Å²) >= 11 is 0. The molecule has 0 aliphatic rings. The van der Waals surface area contributed by atoms with Gasteiger partial charge in [-0.3, -0.25) is 9.48 Å². The highest BCUT2D eigenvalue weighted by molar-refractivity contribution is 5.89. The molecular formula is C17H18N6O3. The summed E-state index contributed by atoms with van der Waals surface area (Å²) in [5.41, 5.74) is 2.34. The van der Waals surface area contributed by atoms with Gasteiger partial charge < -0.3 is 15.4 Å². The number of aryl methyl sites for hydroxylation is 2. The van der Waals surface area contributed by atoms with Crippen molar-refractivity contribution in [2.45, 2.75) is 26.4 Å². The highest BCUT2D eigenvalue weighted by Gasteiger charge is 2.12. The SMILES string of the molecule is Cc1ccccc1Cn1ccc(NC(=O)CCn2ccc([N+](=O)[O-])n2)n1. The number of carbonyl (C=O) groups excluding carboxylic acids is 1. The Bertz CT molecular complexity index is 930. The van der Waals surface area contributed by atoms with Crippen molar-refractivity contribution in [1.29, 1.82) is 0 Å². The summed E-state index contributed by atoms with van der Waals surface area (Å²) in [6.07, 6.45) is 3.42. The molecule has 1 amide bonds. The van der Waals surface area contributed by atoms with Crippen LogP contribution in [0.5, 0.6) is 0 Å². The van der Waals surface area contributed by atoms with E-state index in [0.29, 0.717) is 12.4 Å². The smallest absolute Gasteiger partial charge is 0.358 e. The van der Waals surface area contributed by atoms with E-state index in [0.717, 1.165) is 5.56 Å². The maximum Gasteiger partial charge on any atom is 0.389 e. The number of amides is 1. The van der Waals surface area contributed by atoms with Gasteiger partial charge in [0.2, 0.25) is 5.91 Å². The van der Waals surface area contributed by atoms with E-state index < -0.39 is 4.92 Å². The quantitative estimate of drug-likeness (QED) is 0.518. The Morgan fingerprint density at radius 2 is 1.92 bits per heavy atom. The van der Waals surface area contributed by atoms with Crippen molar-refractivity contribution in [2.75, 3.05) is 5.32 Å². The van der Waals surface area contributed by atoms with Crippen LogP contribution in [0.4, 0.5) is 11.6 Å². The Morgan fingerprint density at radius 3 is 2.65 bits per heavy atom. The summed E-state index contributed by atoms with van der Waals surface area (Å²) < 4.78 is 3.13. The topological polar surface area (TPSA) is 108 Å². The molecule has 0 atom stereocenters. The van der Waals surface area contributed by atoms with Gasteiger partial charge in [-0.2, -0.15) is 9.78 Å². The van der Waals surface area contributed by atoms with Gasteiger partial charge in [-0.25, -0.2) is 0 Å². The fourth-order valence-electron chi connectivity index (χ4n) is 2.47. The van der Waals surface area contributed by atoms with Crippen molar-refractivity contribution < 1.29 is 9.72 Å². The van der Waals surface area contributed by atoms with Gasteiger partial charge in [-0.15, -0.1) is 0 Å². The van der Waals surface area contributed by atoms with Crippen LogP contribution < -0.4 is 5.32 Å². The molecule has 0 saturated heterocycles. The second-order valence-corrected chi connectivity index (χ2v) is 5.82. The zero-order valence-electron chi connectivity index (χ0n) is 14.2. The van der Waals surface area contributed by atoms with Crippen LogP contribution in [0.2, 0.25) is 0 Å². The number of carbonyl (C=O) groups is 1. The first-order valence-electron chi connectivity index (χ1n) is 8.07.